The summed E-state index contributed by atoms with van der Waals surface area (Å²) in [4.78, 5) is 32.1. The third-order valence-electron chi connectivity index (χ3n) is 7.27. The van der Waals surface area contributed by atoms with Gasteiger partial charge in [-0.25, -0.2) is 9.37 Å². The van der Waals surface area contributed by atoms with Gasteiger partial charge in [0.25, 0.3) is 5.91 Å². The van der Waals surface area contributed by atoms with E-state index in [9.17, 15) is 9.18 Å². The molecule has 1 aromatic heterocycles. The van der Waals surface area contributed by atoms with Gasteiger partial charge in [0, 0.05) is 63.4 Å². The number of amides is 1. The zero-order valence-electron chi connectivity index (χ0n) is 19.6. The number of hydrogen-bond acceptors (Lipinski definition) is 6. The van der Waals surface area contributed by atoms with Crippen LogP contribution in [0.5, 0.6) is 0 Å². The number of anilines is 2. The van der Waals surface area contributed by atoms with Crippen LogP contribution in [0.2, 0.25) is 0 Å². The molecule has 1 aromatic carbocycles. The largest absolute Gasteiger partial charge is 0.356 e. The second-order valence-corrected chi connectivity index (χ2v) is 9.72. The van der Waals surface area contributed by atoms with Gasteiger partial charge in [0.1, 0.15) is 11.6 Å². The van der Waals surface area contributed by atoms with Crippen molar-refractivity contribution < 1.29 is 9.18 Å². The molecule has 0 bridgehead atoms. The summed E-state index contributed by atoms with van der Waals surface area (Å²) in [7, 11) is 2.15. The van der Waals surface area contributed by atoms with E-state index in [1.165, 1.54) is 12.1 Å². The molecule has 0 N–H and O–H groups in total. The van der Waals surface area contributed by atoms with Crippen LogP contribution in [0.1, 0.15) is 41.4 Å². The number of carbonyl (C=O) groups is 1. The van der Waals surface area contributed by atoms with E-state index in [1.807, 2.05) is 4.90 Å². The van der Waals surface area contributed by atoms with Crippen LogP contribution in [-0.4, -0.2) is 78.5 Å². The summed E-state index contributed by atoms with van der Waals surface area (Å²) in [5.74, 6) is 2.16. The molecule has 2 saturated heterocycles. The van der Waals surface area contributed by atoms with Crippen LogP contribution < -0.4 is 9.80 Å². The molecular weight excluding hydrogens is 419 g/mol. The van der Waals surface area contributed by atoms with E-state index in [0.29, 0.717) is 25.1 Å². The molecule has 0 atom stereocenters. The first kappa shape index (κ1) is 22.1. The molecular formula is C25H33FN6O. The van der Waals surface area contributed by atoms with Crippen LogP contribution in [0.4, 0.5) is 16.2 Å². The SMILES string of the molecule is CC1CCN(c2nc(N3CCN(C)CC3)nc3c2CN(C(=O)c2ccc(F)cc2)CC3)CC1. The van der Waals surface area contributed by atoms with Gasteiger partial charge < -0.3 is 19.6 Å². The number of benzene rings is 1. The molecule has 8 heteroatoms. The third-order valence-corrected chi connectivity index (χ3v) is 7.27. The highest BCUT2D eigenvalue weighted by Gasteiger charge is 2.30. The Morgan fingerprint density at radius 3 is 2.33 bits per heavy atom. The average Bonchev–Trinajstić information content (AvgIpc) is 2.84. The predicted molar refractivity (Wildman–Crippen MR) is 127 cm³/mol. The first-order valence-corrected chi connectivity index (χ1v) is 12.1. The topological polar surface area (TPSA) is 55.8 Å². The molecule has 3 aliphatic rings. The summed E-state index contributed by atoms with van der Waals surface area (Å²) < 4.78 is 13.3. The van der Waals surface area contributed by atoms with Crippen molar-refractivity contribution in [2.75, 3.05) is 62.7 Å². The van der Waals surface area contributed by atoms with Crippen molar-refractivity contribution in [1.29, 1.82) is 0 Å². The van der Waals surface area contributed by atoms with Crippen molar-refractivity contribution in [3.63, 3.8) is 0 Å². The second-order valence-electron chi connectivity index (χ2n) is 9.72. The van der Waals surface area contributed by atoms with Crippen molar-refractivity contribution in [1.82, 2.24) is 19.8 Å². The standard InChI is InChI=1S/C25H33FN6O/c1-18-7-10-30(11-8-18)23-21-17-32(24(33)19-3-5-20(26)6-4-19)12-9-22(21)27-25(28-23)31-15-13-29(2)14-16-31/h3-6,18H,7-17H2,1-2H3. The van der Waals surface area contributed by atoms with E-state index in [1.54, 1.807) is 12.1 Å². The molecule has 0 radical (unpaired) electrons. The average molecular weight is 453 g/mol. The lowest BCUT2D eigenvalue weighted by Crippen LogP contribution is -2.46. The van der Waals surface area contributed by atoms with Gasteiger partial charge in [-0.1, -0.05) is 6.92 Å². The molecule has 7 nitrogen and oxygen atoms in total. The molecule has 2 aromatic rings. The summed E-state index contributed by atoms with van der Waals surface area (Å²) in [5.41, 5.74) is 2.66. The van der Waals surface area contributed by atoms with E-state index in [-0.39, 0.29) is 11.7 Å². The Balaban J connectivity index is 1.45. The predicted octanol–water partition coefficient (Wildman–Crippen LogP) is 2.80. The minimum Gasteiger partial charge on any atom is -0.356 e. The quantitative estimate of drug-likeness (QED) is 0.714. The fraction of sp³-hybridized carbons (Fsp3) is 0.560. The molecule has 0 aliphatic carbocycles. The monoisotopic (exact) mass is 452 g/mol. The van der Waals surface area contributed by atoms with E-state index < -0.39 is 0 Å². The molecule has 1 amide bonds. The Morgan fingerprint density at radius 2 is 1.64 bits per heavy atom. The maximum absolute atomic E-state index is 13.3. The van der Waals surface area contributed by atoms with E-state index in [0.717, 1.165) is 81.1 Å². The minimum atomic E-state index is -0.331. The van der Waals surface area contributed by atoms with Crippen LogP contribution >= 0.6 is 0 Å². The van der Waals surface area contributed by atoms with E-state index >= 15 is 0 Å². The number of halogens is 1. The van der Waals surface area contributed by atoms with Gasteiger partial charge in [-0.2, -0.15) is 4.98 Å². The molecule has 3 aliphatic heterocycles. The van der Waals surface area contributed by atoms with Crippen molar-refractivity contribution in [3.8, 4) is 0 Å². The summed E-state index contributed by atoms with van der Waals surface area (Å²) in [6.45, 7) is 9.27. The number of hydrogen-bond donors (Lipinski definition) is 0. The number of aromatic nitrogens is 2. The van der Waals surface area contributed by atoms with Gasteiger partial charge in [-0.3, -0.25) is 4.79 Å². The van der Waals surface area contributed by atoms with Gasteiger partial charge in [-0.15, -0.1) is 0 Å². The number of fused-ring (bicyclic) bond motifs is 1. The number of likely N-dealkylation sites (N-methyl/N-ethyl adjacent to an activating group) is 1. The van der Waals surface area contributed by atoms with Crippen LogP contribution in [0.15, 0.2) is 24.3 Å². The van der Waals surface area contributed by atoms with Crippen molar-refractivity contribution in [2.24, 2.45) is 5.92 Å². The number of nitrogens with zero attached hydrogens (tertiary/aromatic N) is 6. The fourth-order valence-electron chi connectivity index (χ4n) is 4.96. The molecule has 176 valence electrons. The summed E-state index contributed by atoms with van der Waals surface area (Å²) in [5, 5.41) is 0. The van der Waals surface area contributed by atoms with Crippen molar-refractivity contribution in [3.05, 3.63) is 46.9 Å². The Kier molecular flexibility index (Phi) is 6.19. The lowest BCUT2D eigenvalue weighted by atomic mass is 9.98. The molecule has 0 unspecified atom stereocenters. The molecule has 4 heterocycles. The normalized spacial score (nSPS) is 20.2. The van der Waals surface area contributed by atoms with Crippen LogP contribution in [0, 0.1) is 11.7 Å². The van der Waals surface area contributed by atoms with Gasteiger partial charge >= 0.3 is 0 Å². The van der Waals surface area contributed by atoms with Crippen LogP contribution in [0.25, 0.3) is 0 Å². The minimum absolute atomic E-state index is 0.0676. The highest BCUT2D eigenvalue weighted by Crippen LogP contribution is 2.32. The lowest BCUT2D eigenvalue weighted by Gasteiger charge is -2.38. The third kappa shape index (κ3) is 4.67. The van der Waals surface area contributed by atoms with Crippen LogP contribution in [-0.2, 0) is 13.0 Å². The maximum atomic E-state index is 13.3. The summed E-state index contributed by atoms with van der Waals surface area (Å²) in [6.07, 6.45) is 3.02. The first-order valence-electron chi connectivity index (χ1n) is 12.1. The zero-order valence-corrected chi connectivity index (χ0v) is 19.6. The number of rotatable bonds is 3. The van der Waals surface area contributed by atoms with E-state index in [4.69, 9.17) is 9.97 Å². The summed E-state index contributed by atoms with van der Waals surface area (Å²) in [6, 6.07) is 5.81. The van der Waals surface area contributed by atoms with Crippen molar-refractivity contribution in [2.45, 2.75) is 32.7 Å². The highest BCUT2D eigenvalue weighted by atomic mass is 19.1. The van der Waals surface area contributed by atoms with Gasteiger partial charge in [0.2, 0.25) is 5.95 Å². The Bertz CT molecular complexity index is 997. The first-order chi connectivity index (χ1) is 16.0. The molecule has 0 spiro atoms. The number of piperidine rings is 1. The van der Waals surface area contributed by atoms with Crippen LogP contribution in [0.3, 0.4) is 0 Å². The Morgan fingerprint density at radius 1 is 0.939 bits per heavy atom. The fourth-order valence-corrected chi connectivity index (χ4v) is 4.96. The summed E-state index contributed by atoms with van der Waals surface area (Å²) >= 11 is 0. The lowest BCUT2D eigenvalue weighted by molar-refractivity contribution is 0.0733. The second kappa shape index (κ2) is 9.25. The smallest absolute Gasteiger partial charge is 0.254 e. The number of piperazine rings is 1. The Hall–Kier alpha value is -2.74. The number of carbonyl (C=O) groups excluding carboxylic acids is 1. The maximum Gasteiger partial charge on any atom is 0.254 e. The highest BCUT2D eigenvalue weighted by molar-refractivity contribution is 5.94. The molecule has 2 fully saturated rings. The molecule has 5 rings (SSSR count). The van der Waals surface area contributed by atoms with E-state index in [2.05, 4.69) is 28.7 Å². The molecule has 33 heavy (non-hydrogen) atoms. The van der Waals surface area contributed by atoms with Crippen molar-refractivity contribution >= 4 is 17.7 Å². The van der Waals surface area contributed by atoms with Gasteiger partial charge in [0.15, 0.2) is 0 Å². The van der Waals surface area contributed by atoms with Gasteiger partial charge in [0.05, 0.1) is 12.2 Å². The zero-order chi connectivity index (χ0) is 22.9. The van der Waals surface area contributed by atoms with Gasteiger partial charge in [-0.05, 0) is 50.1 Å². The molecule has 0 saturated carbocycles. The Labute approximate surface area is 195 Å².